The molecule has 2 aromatic rings. The Kier molecular flexibility index (Phi) is 4.70. The van der Waals surface area contributed by atoms with Crippen molar-refractivity contribution in [1.82, 2.24) is 9.78 Å². The van der Waals surface area contributed by atoms with Gasteiger partial charge in [0.25, 0.3) is 0 Å². The summed E-state index contributed by atoms with van der Waals surface area (Å²) in [4.78, 5) is 2.31. The molecule has 1 aromatic heterocycles. The van der Waals surface area contributed by atoms with Crippen LogP contribution in [-0.4, -0.2) is 16.3 Å². The minimum atomic E-state index is 0.792. The van der Waals surface area contributed by atoms with Gasteiger partial charge in [-0.05, 0) is 61.0 Å². The Labute approximate surface area is 128 Å². The first-order valence-electron chi connectivity index (χ1n) is 6.89. The van der Waals surface area contributed by atoms with E-state index in [4.69, 9.17) is 5.73 Å². The third-order valence-corrected chi connectivity index (χ3v) is 4.46. The van der Waals surface area contributed by atoms with Gasteiger partial charge in [-0.25, -0.2) is 0 Å². The van der Waals surface area contributed by atoms with E-state index in [-0.39, 0.29) is 0 Å². The van der Waals surface area contributed by atoms with Crippen LogP contribution in [0, 0.1) is 6.92 Å². The van der Waals surface area contributed by atoms with Crippen molar-refractivity contribution in [3.63, 3.8) is 0 Å². The number of aromatic nitrogens is 2. The van der Waals surface area contributed by atoms with E-state index in [1.807, 2.05) is 19.1 Å². The Morgan fingerprint density at radius 2 is 1.90 bits per heavy atom. The van der Waals surface area contributed by atoms with Crippen LogP contribution in [0.5, 0.6) is 0 Å². The monoisotopic (exact) mass is 336 g/mol. The Bertz CT molecular complexity index is 574. The van der Waals surface area contributed by atoms with E-state index in [0.717, 1.165) is 35.5 Å². The van der Waals surface area contributed by atoms with Crippen LogP contribution in [0.3, 0.4) is 0 Å². The Morgan fingerprint density at radius 3 is 2.45 bits per heavy atom. The molecule has 0 atom stereocenters. The first-order valence-corrected chi connectivity index (χ1v) is 7.68. The van der Waals surface area contributed by atoms with E-state index >= 15 is 0 Å². The van der Waals surface area contributed by atoms with Crippen molar-refractivity contribution in [3.05, 3.63) is 40.1 Å². The molecule has 5 heteroatoms. The number of aryl methyl sites for hydroxylation is 2. The molecular weight excluding hydrogens is 316 g/mol. The highest BCUT2D eigenvalue weighted by Crippen LogP contribution is 2.25. The van der Waals surface area contributed by atoms with Gasteiger partial charge in [-0.2, -0.15) is 5.10 Å². The average molecular weight is 337 g/mol. The van der Waals surface area contributed by atoms with Crippen molar-refractivity contribution in [3.8, 4) is 0 Å². The lowest BCUT2D eigenvalue weighted by Crippen LogP contribution is -2.24. The van der Waals surface area contributed by atoms with E-state index in [0.29, 0.717) is 0 Å². The van der Waals surface area contributed by atoms with Gasteiger partial charge in [0.1, 0.15) is 0 Å². The summed E-state index contributed by atoms with van der Waals surface area (Å²) in [5, 5.41) is 4.55. The van der Waals surface area contributed by atoms with E-state index < -0.39 is 0 Å². The standard InChI is InChI=1S/C15H21BrN4/c1-4-19(13-8-6-12(17)7-9-13)10-14-15(16)11(3)18-20(14)5-2/h6-9H,4-5,10,17H2,1-3H3. The summed E-state index contributed by atoms with van der Waals surface area (Å²) in [6.45, 7) is 8.94. The highest BCUT2D eigenvalue weighted by Gasteiger charge is 2.15. The molecule has 0 saturated carbocycles. The predicted molar refractivity (Wildman–Crippen MR) is 87.9 cm³/mol. The third-order valence-electron chi connectivity index (χ3n) is 3.43. The van der Waals surface area contributed by atoms with Gasteiger partial charge in [-0.15, -0.1) is 0 Å². The molecule has 2 N–H and O–H groups in total. The van der Waals surface area contributed by atoms with Crippen molar-refractivity contribution in [2.75, 3.05) is 17.2 Å². The molecule has 0 spiro atoms. The van der Waals surface area contributed by atoms with E-state index in [1.165, 1.54) is 11.4 Å². The molecule has 1 heterocycles. The Morgan fingerprint density at radius 1 is 1.25 bits per heavy atom. The molecule has 0 aliphatic carbocycles. The number of hydrogen-bond acceptors (Lipinski definition) is 3. The minimum Gasteiger partial charge on any atom is -0.399 e. The van der Waals surface area contributed by atoms with Gasteiger partial charge in [0.2, 0.25) is 0 Å². The van der Waals surface area contributed by atoms with Crippen molar-refractivity contribution in [2.45, 2.75) is 33.9 Å². The number of nitrogens with zero attached hydrogens (tertiary/aromatic N) is 3. The largest absolute Gasteiger partial charge is 0.399 e. The summed E-state index contributed by atoms with van der Waals surface area (Å²) in [5.74, 6) is 0. The molecule has 0 fully saturated rings. The number of rotatable bonds is 5. The topological polar surface area (TPSA) is 47.1 Å². The summed E-state index contributed by atoms with van der Waals surface area (Å²) in [6, 6.07) is 8.00. The van der Waals surface area contributed by atoms with Crippen LogP contribution in [0.25, 0.3) is 0 Å². The second-order valence-corrected chi connectivity index (χ2v) is 5.56. The molecular formula is C15H21BrN4. The number of benzene rings is 1. The van der Waals surface area contributed by atoms with E-state index in [9.17, 15) is 0 Å². The fraction of sp³-hybridized carbons (Fsp3) is 0.400. The lowest BCUT2D eigenvalue weighted by atomic mass is 10.2. The summed E-state index contributed by atoms with van der Waals surface area (Å²) < 4.78 is 3.16. The zero-order chi connectivity index (χ0) is 14.7. The first kappa shape index (κ1) is 14.9. The highest BCUT2D eigenvalue weighted by atomic mass is 79.9. The zero-order valence-electron chi connectivity index (χ0n) is 12.2. The quantitative estimate of drug-likeness (QED) is 0.849. The van der Waals surface area contributed by atoms with Crippen LogP contribution in [-0.2, 0) is 13.1 Å². The summed E-state index contributed by atoms with van der Waals surface area (Å²) in [5.41, 5.74) is 9.97. The van der Waals surface area contributed by atoms with Crippen molar-refractivity contribution in [1.29, 1.82) is 0 Å². The van der Waals surface area contributed by atoms with Crippen LogP contribution in [0.1, 0.15) is 25.2 Å². The molecule has 4 nitrogen and oxygen atoms in total. The number of anilines is 2. The zero-order valence-corrected chi connectivity index (χ0v) is 13.8. The third kappa shape index (κ3) is 2.98. The molecule has 108 valence electrons. The smallest absolute Gasteiger partial charge is 0.0739 e. The second-order valence-electron chi connectivity index (χ2n) is 4.77. The van der Waals surface area contributed by atoms with Gasteiger partial charge in [-0.1, -0.05) is 0 Å². The summed E-state index contributed by atoms with van der Waals surface area (Å²) in [7, 11) is 0. The molecule has 1 aromatic carbocycles. The first-order chi connectivity index (χ1) is 9.56. The second kappa shape index (κ2) is 6.31. The van der Waals surface area contributed by atoms with Gasteiger partial charge >= 0.3 is 0 Å². The van der Waals surface area contributed by atoms with Gasteiger partial charge in [0.15, 0.2) is 0 Å². The van der Waals surface area contributed by atoms with Crippen LogP contribution < -0.4 is 10.6 Å². The summed E-state index contributed by atoms with van der Waals surface area (Å²) in [6.07, 6.45) is 0. The van der Waals surface area contributed by atoms with Crippen LogP contribution in [0.4, 0.5) is 11.4 Å². The fourth-order valence-corrected chi connectivity index (χ4v) is 2.68. The Hall–Kier alpha value is -1.49. The van der Waals surface area contributed by atoms with Crippen molar-refractivity contribution < 1.29 is 0 Å². The van der Waals surface area contributed by atoms with Gasteiger partial charge < -0.3 is 10.6 Å². The van der Waals surface area contributed by atoms with Gasteiger partial charge in [0.05, 0.1) is 22.4 Å². The lowest BCUT2D eigenvalue weighted by molar-refractivity contribution is 0.607. The number of nitrogen functional groups attached to an aromatic ring is 1. The Balaban J connectivity index is 2.28. The van der Waals surface area contributed by atoms with E-state index in [2.05, 4.69) is 56.6 Å². The molecule has 0 aliphatic heterocycles. The van der Waals surface area contributed by atoms with Gasteiger partial charge in [-0.3, -0.25) is 4.68 Å². The maximum Gasteiger partial charge on any atom is 0.0739 e. The molecule has 0 aliphatic rings. The maximum absolute atomic E-state index is 5.75. The SMILES string of the molecule is CCN(Cc1c(Br)c(C)nn1CC)c1ccc(N)cc1. The number of nitrogens with two attached hydrogens (primary N) is 1. The molecule has 0 unspecified atom stereocenters. The normalized spacial score (nSPS) is 10.8. The average Bonchev–Trinajstić information content (AvgIpc) is 2.73. The molecule has 0 bridgehead atoms. The van der Waals surface area contributed by atoms with Crippen molar-refractivity contribution in [2.24, 2.45) is 0 Å². The van der Waals surface area contributed by atoms with Crippen molar-refractivity contribution >= 4 is 27.3 Å². The van der Waals surface area contributed by atoms with E-state index in [1.54, 1.807) is 0 Å². The molecule has 0 saturated heterocycles. The fourth-order valence-electron chi connectivity index (χ4n) is 2.27. The molecule has 0 amide bonds. The van der Waals surface area contributed by atoms with Gasteiger partial charge in [0, 0.05) is 24.5 Å². The predicted octanol–water partition coefficient (Wildman–Crippen LogP) is 3.58. The summed E-state index contributed by atoms with van der Waals surface area (Å²) >= 11 is 3.65. The minimum absolute atomic E-state index is 0.792. The van der Waals surface area contributed by atoms with Crippen LogP contribution in [0.15, 0.2) is 28.7 Å². The number of halogens is 1. The van der Waals surface area contributed by atoms with Crippen LogP contribution >= 0.6 is 15.9 Å². The molecule has 2 rings (SSSR count). The van der Waals surface area contributed by atoms with Crippen LogP contribution in [0.2, 0.25) is 0 Å². The molecule has 20 heavy (non-hydrogen) atoms. The molecule has 0 radical (unpaired) electrons. The maximum atomic E-state index is 5.75. The number of hydrogen-bond donors (Lipinski definition) is 1. The highest BCUT2D eigenvalue weighted by molar-refractivity contribution is 9.10. The lowest BCUT2D eigenvalue weighted by Gasteiger charge is -2.24.